The molecule has 0 spiro atoms. The molecule has 2 amide bonds. The Bertz CT molecular complexity index is 1710. The van der Waals surface area contributed by atoms with Crippen molar-refractivity contribution in [2.24, 2.45) is 0 Å². The van der Waals surface area contributed by atoms with Crippen LogP contribution in [0.2, 0.25) is 0 Å². The number of carbonyl (C=O) groups is 3. The Labute approximate surface area is 276 Å². The van der Waals surface area contributed by atoms with Crippen LogP contribution < -0.4 is 9.64 Å². The second-order valence-corrected chi connectivity index (χ2v) is 14.5. The summed E-state index contributed by atoms with van der Waals surface area (Å²) < 4.78 is 23.9. The molecule has 0 fully saturated rings. The van der Waals surface area contributed by atoms with Gasteiger partial charge in [0.2, 0.25) is 0 Å². The molecule has 0 bridgehead atoms. The first-order chi connectivity index (χ1) is 20.5. The number of benzene rings is 1. The minimum Gasteiger partial charge on any atom is -0.505 e. The standard InChI is InChI=1S/C32H39IN4O8/c1-16-13-14-20(42-29(41)45-32(10,11)12)17(2)23(16)36-25-21(22(33)24(38)18(3)35-25)19(15-34)26(36)37(27(39)43-30(4,5)6)28(40)44-31(7,8)9/h13-14,38H,1-12H3. The highest BCUT2D eigenvalue weighted by atomic mass is 127. The molecule has 1 N–H and O–H groups in total. The average Bonchev–Trinajstić information content (AvgIpc) is 3.14. The van der Waals surface area contributed by atoms with Gasteiger partial charge in [-0.2, -0.15) is 10.2 Å². The number of amides is 2. The number of nitrogens with zero attached hydrogens (tertiary/aromatic N) is 4. The third-order valence-corrected chi connectivity index (χ3v) is 7.08. The van der Waals surface area contributed by atoms with Crippen LogP contribution in [0.4, 0.5) is 20.2 Å². The third-order valence-electron chi connectivity index (χ3n) is 6.03. The van der Waals surface area contributed by atoms with E-state index < -0.39 is 35.1 Å². The summed E-state index contributed by atoms with van der Waals surface area (Å²) >= 11 is 1.89. The maximum atomic E-state index is 13.9. The van der Waals surface area contributed by atoms with Gasteiger partial charge in [0.1, 0.15) is 39.8 Å². The highest BCUT2D eigenvalue weighted by Gasteiger charge is 2.40. The number of pyridine rings is 1. The molecule has 45 heavy (non-hydrogen) atoms. The number of nitriles is 1. The Morgan fingerprint density at radius 2 is 1.42 bits per heavy atom. The number of carbonyl (C=O) groups excluding carboxylic acids is 3. The second-order valence-electron chi connectivity index (χ2n) is 13.4. The lowest BCUT2D eigenvalue weighted by Gasteiger charge is -2.29. The highest BCUT2D eigenvalue weighted by molar-refractivity contribution is 14.1. The summed E-state index contributed by atoms with van der Waals surface area (Å²) in [4.78, 5) is 45.7. The van der Waals surface area contributed by atoms with Gasteiger partial charge in [-0.05, 0) is 117 Å². The molecule has 2 aromatic heterocycles. The molecule has 0 aliphatic rings. The van der Waals surface area contributed by atoms with Gasteiger partial charge < -0.3 is 24.1 Å². The first-order valence-corrected chi connectivity index (χ1v) is 15.2. The largest absolute Gasteiger partial charge is 0.514 e. The SMILES string of the molecule is Cc1ccc(OC(=O)OC(C)(C)C)c(C)c1-n1c(N(C(=O)OC(C)(C)C)C(=O)OC(C)(C)C)c(C#N)c2c(I)c(O)c(C)nc21. The van der Waals surface area contributed by atoms with E-state index in [0.717, 1.165) is 0 Å². The topological polar surface area (TPSA) is 153 Å². The van der Waals surface area contributed by atoms with Gasteiger partial charge in [-0.15, -0.1) is 0 Å². The van der Waals surface area contributed by atoms with Crippen LogP contribution in [-0.2, 0) is 14.2 Å². The van der Waals surface area contributed by atoms with E-state index in [2.05, 4.69) is 11.1 Å². The summed E-state index contributed by atoms with van der Waals surface area (Å²) in [6.45, 7) is 20.0. The van der Waals surface area contributed by atoms with Gasteiger partial charge in [0.15, 0.2) is 11.6 Å². The zero-order valence-corrected chi connectivity index (χ0v) is 29.8. The number of halogens is 1. The molecule has 0 unspecified atom stereocenters. The number of aromatic hydroxyl groups is 1. The summed E-state index contributed by atoms with van der Waals surface area (Å²) in [6, 6.07) is 5.36. The molecule has 0 saturated carbocycles. The fourth-order valence-corrected chi connectivity index (χ4v) is 5.28. The van der Waals surface area contributed by atoms with Gasteiger partial charge in [0.25, 0.3) is 0 Å². The van der Waals surface area contributed by atoms with Gasteiger partial charge >= 0.3 is 18.3 Å². The van der Waals surface area contributed by atoms with Crippen LogP contribution >= 0.6 is 22.6 Å². The van der Waals surface area contributed by atoms with Gasteiger partial charge in [0, 0.05) is 5.56 Å². The molecule has 12 nitrogen and oxygen atoms in total. The van der Waals surface area contributed by atoms with E-state index in [-0.39, 0.29) is 43.2 Å². The van der Waals surface area contributed by atoms with Crippen molar-refractivity contribution in [1.29, 1.82) is 5.26 Å². The van der Waals surface area contributed by atoms with Crippen LogP contribution in [0, 0.1) is 35.7 Å². The maximum Gasteiger partial charge on any atom is 0.514 e. The molecule has 0 aliphatic heterocycles. The summed E-state index contributed by atoms with van der Waals surface area (Å²) in [7, 11) is 0. The molecule has 3 rings (SSSR count). The lowest BCUT2D eigenvalue weighted by atomic mass is 10.1. The number of fused-ring (bicyclic) bond motifs is 1. The number of anilines is 1. The van der Waals surface area contributed by atoms with E-state index in [4.69, 9.17) is 18.9 Å². The Morgan fingerprint density at radius 3 is 1.89 bits per heavy atom. The Kier molecular flexibility index (Phi) is 9.74. The normalized spacial score (nSPS) is 12.0. The van der Waals surface area contributed by atoms with Crippen molar-refractivity contribution in [2.75, 3.05) is 4.90 Å². The molecule has 0 radical (unpaired) electrons. The number of aromatic nitrogens is 2. The number of imide groups is 1. The lowest BCUT2D eigenvalue weighted by Crippen LogP contribution is -2.45. The minimum atomic E-state index is -1.11. The van der Waals surface area contributed by atoms with Crippen LogP contribution in [0.3, 0.4) is 0 Å². The Hall–Kier alpha value is -4.06. The summed E-state index contributed by atoms with van der Waals surface area (Å²) in [5, 5.41) is 21.6. The number of hydrogen-bond donors (Lipinski definition) is 1. The van der Waals surface area contributed by atoms with Crippen molar-refractivity contribution >= 4 is 57.8 Å². The predicted molar refractivity (Wildman–Crippen MR) is 176 cm³/mol. The van der Waals surface area contributed by atoms with Gasteiger partial charge in [-0.1, -0.05) is 6.07 Å². The first-order valence-electron chi connectivity index (χ1n) is 14.1. The van der Waals surface area contributed by atoms with Crippen molar-refractivity contribution in [3.63, 3.8) is 0 Å². The van der Waals surface area contributed by atoms with E-state index in [1.807, 2.05) is 22.6 Å². The number of hydrogen-bond acceptors (Lipinski definition) is 10. The van der Waals surface area contributed by atoms with Crippen LogP contribution in [0.15, 0.2) is 12.1 Å². The molecule has 2 heterocycles. The molecular weight excluding hydrogens is 695 g/mol. The van der Waals surface area contributed by atoms with E-state index >= 15 is 0 Å². The summed E-state index contributed by atoms with van der Waals surface area (Å²) in [6.07, 6.45) is -3.15. The van der Waals surface area contributed by atoms with Crippen LogP contribution in [0.1, 0.15) is 84.7 Å². The summed E-state index contributed by atoms with van der Waals surface area (Å²) in [5.41, 5.74) is -1.27. The maximum absolute atomic E-state index is 13.9. The van der Waals surface area contributed by atoms with Crippen LogP contribution in [-0.4, -0.2) is 49.8 Å². The van der Waals surface area contributed by atoms with E-state index in [9.17, 15) is 24.8 Å². The second kappa shape index (κ2) is 12.4. The number of ether oxygens (including phenoxy) is 4. The Balaban J connectivity index is 2.55. The average molecular weight is 735 g/mol. The van der Waals surface area contributed by atoms with Gasteiger partial charge in [-0.3, -0.25) is 4.57 Å². The van der Waals surface area contributed by atoms with Crippen molar-refractivity contribution in [3.8, 4) is 23.3 Å². The monoisotopic (exact) mass is 734 g/mol. The first kappa shape index (κ1) is 35.4. The van der Waals surface area contributed by atoms with Crippen LogP contribution in [0.5, 0.6) is 11.5 Å². The molecule has 0 atom stereocenters. The lowest BCUT2D eigenvalue weighted by molar-refractivity contribution is 0.0203. The molecule has 13 heteroatoms. The van der Waals surface area contributed by atoms with Gasteiger partial charge in [0.05, 0.1) is 20.3 Å². The molecule has 242 valence electrons. The van der Waals surface area contributed by atoms with Crippen molar-refractivity contribution in [2.45, 2.75) is 99.9 Å². The van der Waals surface area contributed by atoms with E-state index in [0.29, 0.717) is 21.7 Å². The summed E-state index contributed by atoms with van der Waals surface area (Å²) in [5.74, 6) is -0.269. The van der Waals surface area contributed by atoms with Crippen LogP contribution in [0.25, 0.3) is 16.7 Å². The van der Waals surface area contributed by atoms with Crippen molar-refractivity contribution in [3.05, 3.63) is 38.1 Å². The zero-order valence-electron chi connectivity index (χ0n) is 27.6. The highest BCUT2D eigenvalue weighted by Crippen LogP contribution is 2.43. The fourth-order valence-electron chi connectivity index (χ4n) is 4.37. The molecule has 3 aromatic rings. The third kappa shape index (κ3) is 7.78. The van der Waals surface area contributed by atoms with Crippen molar-refractivity contribution in [1.82, 2.24) is 9.55 Å². The van der Waals surface area contributed by atoms with Crippen molar-refractivity contribution < 1.29 is 38.4 Å². The predicted octanol–water partition coefficient (Wildman–Crippen LogP) is 8.12. The Morgan fingerprint density at radius 1 is 0.911 bits per heavy atom. The minimum absolute atomic E-state index is 0.127. The van der Waals surface area contributed by atoms with Gasteiger partial charge in [-0.25, -0.2) is 19.4 Å². The number of rotatable bonds is 3. The number of aryl methyl sites for hydroxylation is 2. The molecule has 0 saturated heterocycles. The van der Waals surface area contributed by atoms with E-state index in [1.54, 1.807) is 95.2 Å². The fraction of sp³-hybridized carbons (Fsp3) is 0.469. The zero-order chi connectivity index (χ0) is 34.4. The quantitative estimate of drug-likeness (QED) is 0.121. The smallest absolute Gasteiger partial charge is 0.505 e. The van der Waals surface area contributed by atoms with E-state index in [1.165, 1.54) is 4.57 Å². The molecule has 1 aromatic carbocycles. The molecule has 0 aliphatic carbocycles. The molecular formula is C32H39IN4O8.